The molecule has 1 aliphatic rings. The minimum absolute atomic E-state index is 0.386. The molecule has 0 amide bonds. The van der Waals surface area contributed by atoms with Gasteiger partial charge in [0, 0.05) is 19.7 Å². The Morgan fingerprint density at radius 1 is 1.59 bits per heavy atom. The van der Waals surface area contributed by atoms with Crippen molar-refractivity contribution in [2.24, 2.45) is 5.92 Å². The lowest BCUT2D eigenvalue weighted by atomic mass is 10.2. The number of ether oxygens (including phenoxy) is 1. The van der Waals surface area contributed by atoms with Crippen LogP contribution in [0.25, 0.3) is 0 Å². The van der Waals surface area contributed by atoms with Gasteiger partial charge in [0.2, 0.25) is 0 Å². The molecule has 0 aromatic carbocycles. The summed E-state index contributed by atoms with van der Waals surface area (Å²) in [6.07, 6.45) is 4.38. The molecule has 5 nitrogen and oxygen atoms in total. The van der Waals surface area contributed by atoms with Crippen LogP contribution in [0.3, 0.4) is 0 Å². The third-order valence-corrected chi connectivity index (χ3v) is 2.91. The number of hydrogen-bond acceptors (Lipinski definition) is 4. The summed E-state index contributed by atoms with van der Waals surface area (Å²) in [5.74, 6) is 1.60. The fourth-order valence-corrected chi connectivity index (χ4v) is 2.07. The van der Waals surface area contributed by atoms with Crippen LogP contribution in [-0.2, 0) is 17.8 Å². The second-order valence-electron chi connectivity index (χ2n) is 5.02. The van der Waals surface area contributed by atoms with Gasteiger partial charge in [-0.1, -0.05) is 13.8 Å². The summed E-state index contributed by atoms with van der Waals surface area (Å²) in [6.45, 7) is 7.89. The van der Waals surface area contributed by atoms with E-state index in [4.69, 9.17) is 4.74 Å². The van der Waals surface area contributed by atoms with Crippen LogP contribution in [0.4, 0.5) is 0 Å². The average molecular weight is 238 g/mol. The first-order valence-corrected chi connectivity index (χ1v) is 6.44. The molecule has 1 saturated heterocycles. The number of nitrogens with zero attached hydrogens (tertiary/aromatic N) is 3. The standard InChI is InChI=1S/C12H22N4O/c1-10(2)8-16-12(14-9-15-16)7-13-6-11-4-3-5-17-11/h9-11,13H,3-8H2,1-2H3. The van der Waals surface area contributed by atoms with E-state index in [0.29, 0.717) is 12.0 Å². The van der Waals surface area contributed by atoms with Gasteiger partial charge in [0.15, 0.2) is 0 Å². The SMILES string of the molecule is CC(C)Cn1ncnc1CNCC1CCCO1. The summed E-state index contributed by atoms with van der Waals surface area (Å²) < 4.78 is 7.54. The van der Waals surface area contributed by atoms with E-state index in [1.54, 1.807) is 6.33 Å². The third kappa shape index (κ3) is 3.78. The molecule has 0 saturated carbocycles. The van der Waals surface area contributed by atoms with Crippen molar-refractivity contribution in [3.05, 3.63) is 12.2 Å². The molecular formula is C12H22N4O. The molecule has 1 N–H and O–H groups in total. The van der Waals surface area contributed by atoms with Crippen molar-refractivity contribution in [2.75, 3.05) is 13.2 Å². The summed E-state index contributed by atoms with van der Waals surface area (Å²) in [5.41, 5.74) is 0. The van der Waals surface area contributed by atoms with Gasteiger partial charge in [-0.25, -0.2) is 9.67 Å². The Balaban J connectivity index is 1.75. The Bertz CT molecular complexity index is 331. The van der Waals surface area contributed by atoms with Gasteiger partial charge in [-0.3, -0.25) is 0 Å². The molecule has 0 bridgehead atoms. The second-order valence-corrected chi connectivity index (χ2v) is 5.02. The van der Waals surface area contributed by atoms with E-state index in [-0.39, 0.29) is 0 Å². The van der Waals surface area contributed by atoms with Gasteiger partial charge < -0.3 is 10.1 Å². The molecule has 1 fully saturated rings. The van der Waals surface area contributed by atoms with E-state index in [1.807, 2.05) is 4.68 Å². The molecule has 1 aromatic heterocycles. The maximum Gasteiger partial charge on any atom is 0.140 e. The molecule has 0 radical (unpaired) electrons. The fourth-order valence-electron chi connectivity index (χ4n) is 2.07. The highest BCUT2D eigenvalue weighted by Crippen LogP contribution is 2.10. The smallest absolute Gasteiger partial charge is 0.140 e. The van der Waals surface area contributed by atoms with Crippen LogP contribution in [-0.4, -0.2) is 34.0 Å². The number of aromatic nitrogens is 3. The van der Waals surface area contributed by atoms with Gasteiger partial charge >= 0.3 is 0 Å². The van der Waals surface area contributed by atoms with Crippen molar-refractivity contribution in [3.8, 4) is 0 Å². The number of nitrogens with one attached hydrogen (secondary N) is 1. The molecule has 96 valence electrons. The Morgan fingerprint density at radius 2 is 2.47 bits per heavy atom. The molecule has 1 aliphatic heterocycles. The summed E-state index contributed by atoms with van der Waals surface area (Å²) in [7, 11) is 0. The molecule has 1 unspecified atom stereocenters. The van der Waals surface area contributed by atoms with Gasteiger partial charge in [0.25, 0.3) is 0 Å². The molecule has 17 heavy (non-hydrogen) atoms. The molecule has 0 aliphatic carbocycles. The highest BCUT2D eigenvalue weighted by atomic mass is 16.5. The van der Waals surface area contributed by atoms with Crippen LogP contribution in [0.15, 0.2) is 6.33 Å². The number of rotatable bonds is 6. The Kier molecular flexibility index (Phi) is 4.50. The van der Waals surface area contributed by atoms with Crippen LogP contribution in [0.2, 0.25) is 0 Å². The minimum Gasteiger partial charge on any atom is -0.377 e. The lowest BCUT2D eigenvalue weighted by Gasteiger charge is -2.12. The summed E-state index contributed by atoms with van der Waals surface area (Å²) in [5, 5.41) is 7.64. The van der Waals surface area contributed by atoms with E-state index in [0.717, 1.165) is 32.1 Å². The van der Waals surface area contributed by atoms with E-state index in [1.165, 1.54) is 12.8 Å². The van der Waals surface area contributed by atoms with Crippen molar-refractivity contribution in [3.63, 3.8) is 0 Å². The second kappa shape index (κ2) is 6.12. The zero-order valence-electron chi connectivity index (χ0n) is 10.7. The van der Waals surface area contributed by atoms with Crippen LogP contribution in [0.5, 0.6) is 0 Å². The molecule has 5 heteroatoms. The van der Waals surface area contributed by atoms with E-state index in [9.17, 15) is 0 Å². The Labute approximate surface area is 103 Å². The first kappa shape index (κ1) is 12.5. The maximum absolute atomic E-state index is 5.56. The predicted octanol–water partition coefficient (Wildman–Crippen LogP) is 1.20. The normalized spacial score (nSPS) is 20.3. The Morgan fingerprint density at radius 3 is 3.18 bits per heavy atom. The quantitative estimate of drug-likeness (QED) is 0.809. The van der Waals surface area contributed by atoms with Crippen molar-refractivity contribution < 1.29 is 4.74 Å². The topological polar surface area (TPSA) is 52.0 Å². The van der Waals surface area contributed by atoms with Crippen molar-refractivity contribution in [1.29, 1.82) is 0 Å². The van der Waals surface area contributed by atoms with Crippen LogP contribution in [0.1, 0.15) is 32.5 Å². The van der Waals surface area contributed by atoms with Crippen LogP contribution in [0, 0.1) is 5.92 Å². The number of hydrogen-bond donors (Lipinski definition) is 1. The zero-order valence-corrected chi connectivity index (χ0v) is 10.7. The summed E-state index contributed by atoms with van der Waals surface area (Å²) >= 11 is 0. The van der Waals surface area contributed by atoms with Gasteiger partial charge in [-0.15, -0.1) is 0 Å². The summed E-state index contributed by atoms with van der Waals surface area (Å²) in [4.78, 5) is 4.28. The largest absolute Gasteiger partial charge is 0.377 e. The lowest BCUT2D eigenvalue weighted by molar-refractivity contribution is 0.109. The van der Waals surface area contributed by atoms with E-state index >= 15 is 0 Å². The van der Waals surface area contributed by atoms with Crippen molar-refractivity contribution >= 4 is 0 Å². The highest BCUT2D eigenvalue weighted by molar-refractivity contribution is 4.84. The minimum atomic E-state index is 0.386. The first-order chi connectivity index (χ1) is 8.25. The molecule has 2 heterocycles. The zero-order chi connectivity index (χ0) is 12.1. The van der Waals surface area contributed by atoms with Crippen LogP contribution >= 0.6 is 0 Å². The Hall–Kier alpha value is -0.940. The van der Waals surface area contributed by atoms with Crippen molar-refractivity contribution in [2.45, 2.75) is 45.9 Å². The predicted molar refractivity (Wildman–Crippen MR) is 65.5 cm³/mol. The molecule has 0 spiro atoms. The van der Waals surface area contributed by atoms with E-state index in [2.05, 4.69) is 29.2 Å². The summed E-state index contributed by atoms with van der Waals surface area (Å²) in [6, 6.07) is 0. The first-order valence-electron chi connectivity index (χ1n) is 6.44. The maximum atomic E-state index is 5.56. The third-order valence-electron chi connectivity index (χ3n) is 2.91. The van der Waals surface area contributed by atoms with Gasteiger partial charge in [-0.2, -0.15) is 5.10 Å². The van der Waals surface area contributed by atoms with Gasteiger partial charge in [0.05, 0.1) is 12.6 Å². The fraction of sp³-hybridized carbons (Fsp3) is 0.833. The van der Waals surface area contributed by atoms with Gasteiger partial charge in [-0.05, 0) is 18.8 Å². The monoisotopic (exact) mass is 238 g/mol. The molecule has 2 rings (SSSR count). The van der Waals surface area contributed by atoms with E-state index < -0.39 is 0 Å². The highest BCUT2D eigenvalue weighted by Gasteiger charge is 2.15. The van der Waals surface area contributed by atoms with Crippen molar-refractivity contribution in [1.82, 2.24) is 20.1 Å². The molecule has 1 atom stereocenters. The molecular weight excluding hydrogens is 216 g/mol. The average Bonchev–Trinajstić information content (AvgIpc) is 2.90. The lowest BCUT2D eigenvalue weighted by Crippen LogP contribution is -2.27. The van der Waals surface area contributed by atoms with Crippen LogP contribution < -0.4 is 5.32 Å². The van der Waals surface area contributed by atoms with Gasteiger partial charge in [0.1, 0.15) is 12.2 Å². The molecule has 1 aromatic rings.